The number of fused-ring (bicyclic) bond motifs is 3. The Morgan fingerprint density at radius 2 is 1.87 bits per heavy atom. The number of benzene rings is 2. The lowest BCUT2D eigenvalue weighted by atomic mass is 9.91. The summed E-state index contributed by atoms with van der Waals surface area (Å²) in [7, 11) is 0. The molecular weight excluding hydrogens is 311 g/mol. The van der Waals surface area contributed by atoms with Gasteiger partial charge in [-0.2, -0.15) is 13.2 Å². The number of carbonyl (C=O) groups excluding carboxylic acids is 2. The minimum atomic E-state index is -5.17. The van der Waals surface area contributed by atoms with Crippen LogP contribution in [0.5, 0.6) is 0 Å². The monoisotopic (exact) mass is 323 g/mol. The first-order valence-corrected chi connectivity index (χ1v) is 6.93. The molecule has 4 nitrogen and oxygen atoms in total. The number of ether oxygens (including phenoxy) is 1. The molecule has 7 heteroatoms. The number of esters is 2. The Morgan fingerprint density at radius 3 is 2.61 bits per heavy atom. The van der Waals surface area contributed by atoms with Gasteiger partial charge in [-0.25, -0.2) is 4.79 Å². The van der Waals surface area contributed by atoms with E-state index in [2.05, 4.69) is 10.1 Å². The zero-order valence-corrected chi connectivity index (χ0v) is 11.8. The molecule has 1 atom stereocenters. The number of hydrogen-bond acceptors (Lipinski definition) is 4. The first kappa shape index (κ1) is 15.3. The fourth-order valence-electron chi connectivity index (χ4n) is 2.66. The van der Waals surface area contributed by atoms with Crippen LogP contribution in [0.2, 0.25) is 0 Å². The van der Waals surface area contributed by atoms with Crippen LogP contribution in [0.3, 0.4) is 0 Å². The Kier molecular flexibility index (Phi) is 3.71. The quantitative estimate of drug-likeness (QED) is 0.647. The molecule has 3 rings (SSSR count). The van der Waals surface area contributed by atoms with Crippen LogP contribution < -0.4 is 5.32 Å². The van der Waals surface area contributed by atoms with Gasteiger partial charge in [0.2, 0.25) is 0 Å². The van der Waals surface area contributed by atoms with Gasteiger partial charge in [0.05, 0.1) is 5.92 Å². The fourth-order valence-corrected chi connectivity index (χ4v) is 2.66. The third kappa shape index (κ3) is 2.99. The van der Waals surface area contributed by atoms with Gasteiger partial charge in [0, 0.05) is 17.6 Å². The fraction of sp³-hybridized carbons (Fsp3) is 0.250. The van der Waals surface area contributed by atoms with Gasteiger partial charge in [-0.15, -0.1) is 0 Å². The van der Waals surface area contributed by atoms with Crippen LogP contribution in [-0.4, -0.2) is 24.7 Å². The summed E-state index contributed by atoms with van der Waals surface area (Å²) < 4.78 is 40.4. The van der Waals surface area contributed by atoms with Gasteiger partial charge < -0.3 is 10.1 Å². The highest BCUT2D eigenvalue weighted by molar-refractivity contribution is 5.97. The SMILES string of the molecule is O=C(OC(=O)C(F)(F)F)C1CNc2c(ccc3ccccc23)C1. The Bertz CT molecular complexity index is 786. The number of halogens is 3. The maximum Gasteiger partial charge on any atom is 0.491 e. The molecular formula is C16H12F3NO3. The lowest BCUT2D eigenvalue weighted by Crippen LogP contribution is -2.36. The van der Waals surface area contributed by atoms with E-state index in [9.17, 15) is 22.8 Å². The van der Waals surface area contributed by atoms with E-state index < -0.39 is 24.0 Å². The van der Waals surface area contributed by atoms with Gasteiger partial charge in [-0.3, -0.25) is 4.79 Å². The zero-order valence-electron chi connectivity index (χ0n) is 11.8. The summed E-state index contributed by atoms with van der Waals surface area (Å²) in [5.41, 5.74) is 1.66. The highest BCUT2D eigenvalue weighted by atomic mass is 19.4. The van der Waals surface area contributed by atoms with Crippen molar-refractivity contribution in [1.29, 1.82) is 0 Å². The predicted octanol–water partition coefficient (Wildman–Crippen LogP) is 3.06. The second-order valence-corrected chi connectivity index (χ2v) is 5.31. The first-order chi connectivity index (χ1) is 10.9. The van der Waals surface area contributed by atoms with Crippen molar-refractivity contribution in [3.63, 3.8) is 0 Å². The summed E-state index contributed by atoms with van der Waals surface area (Å²) >= 11 is 0. The van der Waals surface area contributed by atoms with E-state index in [0.29, 0.717) is 0 Å². The van der Waals surface area contributed by atoms with E-state index in [1.165, 1.54) is 0 Å². The highest BCUT2D eigenvalue weighted by Crippen LogP contribution is 2.33. The topological polar surface area (TPSA) is 55.4 Å². The minimum absolute atomic E-state index is 0.116. The van der Waals surface area contributed by atoms with Crippen LogP contribution >= 0.6 is 0 Å². The van der Waals surface area contributed by atoms with Crippen LogP contribution in [0.15, 0.2) is 36.4 Å². The lowest BCUT2D eigenvalue weighted by molar-refractivity contribution is -0.203. The molecule has 0 fully saturated rings. The number of nitrogens with one attached hydrogen (secondary N) is 1. The zero-order chi connectivity index (χ0) is 16.6. The van der Waals surface area contributed by atoms with E-state index in [-0.39, 0.29) is 13.0 Å². The smallest absolute Gasteiger partial charge is 0.386 e. The molecule has 1 N–H and O–H groups in total. The summed E-state index contributed by atoms with van der Waals surface area (Å²) in [6.07, 6.45) is -4.96. The van der Waals surface area contributed by atoms with Crippen LogP contribution in [0.1, 0.15) is 5.56 Å². The number of hydrogen-bond donors (Lipinski definition) is 1. The Hall–Kier alpha value is -2.57. The lowest BCUT2D eigenvalue weighted by Gasteiger charge is -2.25. The standard InChI is InChI=1S/C16H12F3NO3/c17-16(18,19)15(22)23-14(21)11-7-10-6-5-9-3-1-2-4-12(9)13(10)20-8-11/h1-6,11,20H,7-8H2. The van der Waals surface area contributed by atoms with E-state index in [1.807, 2.05) is 36.4 Å². The van der Waals surface area contributed by atoms with Crippen molar-refractivity contribution in [2.45, 2.75) is 12.6 Å². The minimum Gasteiger partial charge on any atom is -0.386 e. The van der Waals surface area contributed by atoms with Crippen molar-refractivity contribution in [2.24, 2.45) is 5.92 Å². The van der Waals surface area contributed by atoms with Crippen molar-refractivity contribution >= 4 is 28.4 Å². The molecule has 1 aliphatic heterocycles. The average Bonchev–Trinajstić information content (AvgIpc) is 2.53. The third-order valence-electron chi connectivity index (χ3n) is 3.76. The van der Waals surface area contributed by atoms with Crippen molar-refractivity contribution in [1.82, 2.24) is 0 Å². The maximum atomic E-state index is 12.1. The Balaban J connectivity index is 1.79. The van der Waals surface area contributed by atoms with Crippen molar-refractivity contribution in [3.05, 3.63) is 42.0 Å². The summed E-state index contributed by atoms with van der Waals surface area (Å²) in [6.45, 7) is 0.116. The van der Waals surface area contributed by atoms with E-state index in [4.69, 9.17) is 0 Å². The highest BCUT2D eigenvalue weighted by Gasteiger charge is 2.43. The van der Waals surface area contributed by atoms with E-state index >= 15 is 0 Å². The summed E-state index contributed by atoms with van der Waals surface area (Å²) in [6, 6.07) is 11.3. The Morgan fingerprint density at radius 1 is 1.13 bits per heavy atom. The van der Waals surface area contributed by atoms with E-state index in [0.717, 1.165) is 22.0 Å². The normalized spacial score (nSPS) is 17.3. The second kappa shape index (κ2) is 5.57. The summed E-state index contributed by atoms with van der Waals surface area (Å²) in [5, 5.41) is 5.05. The molecule has 0 amide bonds. The molecule has 1 aliphatic rings. The molecule has 0 saturated heterocycles. The Labute approximate surface area is 129 Å². The molecule has 1 unspecified atom stereocenters. The number of carbonyl (C=O) groups is 2. The second-order valence-electron chi connectivity index (χ2n) is 5.31. The summed E-state index contributed by atoms with van der Waals surface area (Å²) in [5.74, 6) is -4.49. The van der Waals surface area contributed by atoms with Crippen LogP contribution in [-0.2, 0) is 20.7 Å². The molecule has 23 heavy (non-hydrogen) atoms. The first-order valence-electron chi connectivity index (χ1n) is 6.93. The van der Waals surface area contributed by atoms with Gasteiger partial charge in [-0.05, 0) is 17.4 Å². The van der Waals surface area contributed by atoms with Gasteiger partial charge in [-0.1, -0.05) is 36.4 Å². The number of rotatable bonds is 1. The maximum absolute atomic E-state index is 12.1. The third-order valence-corrected chi connectivity index (χ3v) is 3.76. The molecule has 2 aromatic rings. The average molecular weight is 323 g/mol. The molecule has 2 aromatic carbocycles. The van der Waals surface area contributed by atoms with Gasteiger partial charge in [0.15, 0.2) is 0 Å². The molecule has 0 bridgehead atoms. The largest absolute Gasteiger partial charge is 0.491 e. The van der Waals surface area contributed by atoms with Crippen molar-refractivity contribution in [3.8, 4) is 0 Å². The number of anilines is 1. The molecule has 0 aliphatic carbocycles. The molecule has 120 valence electrons. The molecule has 0 saturated carbocycles. The molecule has 0 spiro atoms. The van der Waals surface area contributed by atoms with Crippen LogP contribution in [0.25, 0.3) is 10.8 Å². The van der Waals surface area contributed by atoms with Crippen molar-refractivity contribution < 1.29 is 27.5 Å². The molecule has 0 aromatic heterocycles. The van der Waals surface area contributed by atoms with Crippen LogP contribution in [0, 0.1) is 5.92 Å². The molecule has 0 radical (unpaired) electrons. The van der Waals surface area contributed by atoms with Gasteiger partial charge >= 0.3 is 18.1 Å². The van der Waals surface area contributed by atoms with Gasteiger partial charge in [0.1, 0.15) is 0 Å². The summed E-state index contributed by atoms with van der Waals surface area (Å²) in [4.78, 5) is 22.5. The number of alkyl halides is 3. The van der Waals surface area contributed by atoms with Crippen molar-refractivity contribution in [2.75, 3.05) is 11.9 Å². The van der Waals surface area contributed by atoms with Gasteiger partial charge in [0.25, 0.3) is 0 Å². The van der Waals surface area contributed by atoms with Crippen LogP contribution in [0.4, 0.5) is 18.9 Å². The molecule has 1 heterocycles. The van der Waals surface area contributed by atoms with E-state index in [1.54, 1.807) is 0 Å². The predicted molar refractivity (Wildman–Crippen MR) is 76.8 cm³/mol.